The molecule has 0 unspecified atom stereocenters. The fourth-order valence-corrected chi connectivity index (χ4v) is 3.08. The van der Waals surface area contributed by atoms with Crippen molar-refractivity contribution in [2.24, 2.45) is 0 Å². The molecule has 3 rings (SSSR count). The maximum Gasteiger partial charge on any atom is 0.0471 e. The molecule has 1 saturated carbocycles. The Hall–Kier alpha value is -0.770. The lowest BCUT2D eigenvalue weighted by molar-refractivity contribution is 0.360. The standard InChI is InChI=1S/C16H24ClN3/c1-19-8-3-9-20(11-10-19)16-5-2-4-15(17)14(16)12-18-13-6-7-13/h2,4-5,13,18H,3,6-12H2,1H3. The molecular weight excluding hydrogens is 270 g/mol. The molecule has 0 spiro atoms. The van der Waals surface area contributed by atoms with Crippen LogP contribution in [-0.2, 0) is 6.54 Å². The van der Waals surface area contributed by atoms with E-state index in [0.29, 0.717) is 0 Å². The number of halogens is 1. The average Bonchev–Trinajstić information content (AvgIpc) is 3.25. The highest BCUT2D eigenvalue weighted by molar-refractivity contribution is 6.31. The van der Waals surface area contributed by atoms with E-state index < -0.39 is 0 Å². The van der Waals surface area contributed by atoms with Crippen LogP contribution in [0.3, 0.4) is 0 Å². The minimum absolute atomic E-state index is 0.717. The van der Waals surface area contributed by atoms with E-state index in [9.17, 15) is 0 Å². The summed E-state index contributed by atoms with van der Waals surface area (Å²) in [6.45, 7) is 5.43. The van der Waals surface area contributed by atoms with E-state index in [1.807, 2.05) is 6.07 Å². The van der Waals surface area contributed by atoms with Gasteiger partial charge in [0, 0.05) is 48.5 Å². The van der Waals surface area contributed by atoms with Gasteiger partial charge in [-0.2, -0.15) is 0 Å². The summed E-state index contributed by atoms with van der Waals surface area (Å²) >= 11 is 6.44. The van der Waals surface area contributed by atoms with Gasteiger partial charge in [-0.15, -0.1) is 0 Å². The molecule has 0 atom stereocenters. The van der Waals surface area contributed by atoms with E-state index in [1.54, 1.807) is 0 Å². The summed E-state index contributed by atoms with van der Waals surface area (Å²) in [7, 11) is 2.21. The predicted octanol–water partition coefficient (Wildman–Crippen LogP) is 2.73. The lowest BCUT2D eigenvalue weighted by atomic mass is 10.1. The van der Waals surface area contributed by atoms with Crippen LogP contribution in [0.15, 0.2) is 18.2 Å². The third-order valence-corrected chi connectivity index (χ3v) is 4.65. The molecule has 1 aromatic carbocycles. The lowest BCUT2D eigenvalue weighted by Gasteiger charge is -2.26. The minimum atomic E-state index is 0.717. The first-order chi connectivity index (χ1) is 9.74. The van der Waals surface area contributed by atoms with Crippen molar-refractivity contribution in [3.05, 3.63) is 28.8 Å². The summed E-state index contributed by atoms with van der Waals surface area (Å²) in [5, 5.41) is 4.49. The molecule has 0 radical (unpaired) electrons. The maximum atomic E-state index is 6.44. The number of anilines is 1. The predicted molar refractivity (Wildman–Crippen MR) is 85.6 cm³/mol. The highest BCUT2D eigenvalue weighted by Gasteiger charge is 2.22. The van der Waals surface area contributed by atoms with Gasteiger partial charge in [0.15, 0.2) is 0 Å². The SMILES string of the molecule is CN1CCCN(c2cccc(Cl)c2CNC2CC2)CC1. The van der Waals surface area contributed by atoms with Gasteiger partial charge >= 0.3 is 0 Å². The van der Waals surface area contributed by atoms with Crippen LogP contribution in [-0.4, -0.2) is 44.2 Å². The van der Waals surface area contributed by atoms with Crippen LogP contribution in [0.2, 0.25) is 5.02 Å². The quantitative estimate of drug-likeness (QED) is 0.921. The first-order valence-corrected chi connectivity index (χ1v) is 8.06. The zero-order chi connectivity index (χ0) is 13.9. The first-order valence-electron chi connectivity index (χ1n) is 7.68. The molecule has 1 saturated heterocycles. The van der Waals surface area contributed by atoms with Gasteiger partial charge in [-0.3, -0.25) is 0 Å². The summed E-state index contributed by atoms with van der Waals surface area (Å²) in [5.74, 6) is 0. The Labute approximate surface area is 126 Å². The van der Waals surface area contributed by atoms with Crippen molar-refractivity contribution in [1.29, 1.82) is 0 Å². The van der Waals surface area contributed by atoms with E-state index in [2.05, 4.69) is 34.3 Å². The van der Waals surface area contributed by atoms with Crippen LogP contribution in [0.1, 0.15) is 24.8 Å². The van der Waals surface area contributed by atoms with Crippen molar-refractivity contribution < 1.29 is 0 Å². The van der Waals surface area contributed by atoms with Crippen LogP contribution in [0, 0.1) is 0 Å². The maximum absolute atomic E-state index is 6.44. The van der Waals surface area contributed by atoms with Crippen molar-refractivity contribution in [3.63, 3.8) is 0 Å². The number of nitrogens with one attached hydrogen (secondary N) is 1. The zero-order valence-electron chi connectivity index (χ0n) is 12.2. The summed E-state index contributed by atoms with van der Waals surface area (Å²) < 4.78 is 0. The molecule has 0 amide bonds. The van der Waals surface area contributed by atoms with Crippen molar-refractivity contribution >= 4 is 17.3 Å². The summed E-state index contributed by atoms with van der Waals surface area (Å²) in [6, 6.07) is 7.03. The molecule has 0 bridgehead atoms. The summed E-state index contributed by atoms with van der Waals surface area (Å²) in [6.07, 6.45) is 3.85. The second-order valence-corrected chi connectivity index (χ2v) is 6.44. The van der Waals surface area contributed by atoms with Crippen LogP contribution in [0.25, 0.3) is 0 Å². The number of hydrogen-bond acceptors (Lipinski definition) is 3. The third-order valence-electron chi connectivity index (χ3n) is 4.30. The molecule has 4 heteroatoms. The second-order valence-electron chi connectivity index (χ2n) is 6.04. The second kappa shape index (κ2) is 6.33. The normalized spacial score (nSPS) is 21.0. The van der Waals surface area contributed by atoms with E-state index >= 15 is 0 Å². The Kier molecular flexibility index (Phi) is 4.49. The van der Waals surface area contributed by atoms with E-state index in [4.69, 9.17) is 11.6 Å². The molecule has 1 aromatic rings. The largest absolute Gasteiger partial charge is 0.370 e. The van der Waals surface area contributed by atoms with Gasteiger partial charge in [-0.05, 0) is 45.0 Å². The van der Waals surface area contributed by atoms with Gasteiger partial charge < -0.3 is 15.1 Å². The van der Waals surface area contributed by atoms with Crippen molar-refractivity contribution in [3.8, 4) is 0 Å². The topological polar surface area (TPSA) is 18.5 Å². The van der Waals surface area contributed by atoms with Gasteiger partial charge in [-0.1, -0.05) is 17.7 Å². The number of nitrogens with zero attached hydrogens (tertiary/aromatic N) is 2. The highest BCUT2D eigenvalue weighted by Crippen LogP contribution is 2.29. The number of rotatable bonds is 4. The first kappa shape index (κ1) is 14.2. The molecule has 1 aliphatic carbocycles. The van der Waals surface area contributed by atoms with Gasteiger partial charge in [0.1, 0.15) is 0 Å². The van der Waals surface area contributed by atoms with Gasteiger partial charge in [0.2, 0.25) is 0 Å². The molecular formula is C16H24ClN3. The lowest BCUT2D eigenvalue weighted by Crippen LogP contribution is -2.30. The number of benzene rings is 1. The Balaban J connectivity index is 1.77. The highest BCUT2D eigenvalue weighted by atomic mass is 35.5. The molecule has 2 fully saturated rings. The molecule has 1 N–H and O–H groups in total. The van der Waals surface area contributed by atoms with Crippen molar-refractivity contribution in [2.45, 2.75) is 31.8 Å². The fraction of sp³-hybridized carbons (Fsp3) is 0.625. The van der Waals surface area contributed by atoms with Crippen LogP contribution in [0.4, 0.5) is 5.69 Å². The third kappa shape index (κ3) is 3.46. The molecule has 20 heavy (non-hydrogen) atoms. The van der Waals surface area contributed by atoms with E-state index in [1.165, 1.54) is 37.1 Å². The Morgan fingerprint density at radius 1 is 1.20 bits per heavy atom. The van der Waals surface area contributed by atoms with E-state index in [-0.39, 0.29) is 0 Å². The van der Waals surface area contributed by atoms with Gasteiger partial charge in [-0.25, -0.2) is 0 Å². The Morgan fingerprint density at radius 2 is 2.05 bits per heavy atom. The fourth-order valence-electron chi connectivity index (χ4n) is 2.84. The van der Waals surface area contributed by atoms with Crippen LogP contribution >= 0.6 is 11.6 Å². The molecule has 3 nitrogen and oxygen atoms in total. The molecule has 0 aromatic heterocycles. The average molecular weight is 294 g/mol. The molecule has 1 aliphatic heterocycles. The zero-order valence-corrected chi connectivity index (χ0v) is 13.0. The summed E-state index contributed by atoms with van der Waals surface area (Å²) in [4.78, 5) is 4.91. The van der Waals surface area contributed by atoms with E-state index in [0.717, 1.165) is 37.2 Å². The monoisotopic (exact) mass is 293 g/mol. The van der Waals surface area contributed by atoms with Crippen LogP contribution in [0.5, 0.6) is 0 Å². The number of hydrogen-bond donors (Lipinski definition) is 1. The van der Waals surface area contributed by atoms with Gasteiger partial charge in [0.05, 0.1) is 0 Å². The smallest absolute Gasteiger partial charge is 0.0471 e. The minimum Gasteiger partial charge on any atom is -0.370 e. The Morgan fingerprint density at radius 3 is 2.85 bits per heavy atom. The van der Waals surface area contributed by atoms with Crippen molar-refractivity contribution in [1.82, 2.24) is 10.2 Å². The van der Waals surface area contributed by atoms with Gasteiger partial charge in [0.25, 0.3) is 0 Å². The molecule has 1 heterocycles. The Bertz CT molecular complexity index is 459. The molecule has 110 valence electrons. The molecule has 2 aliphatic rings. The number of likely N-dealkylation sites (N-methyl/N-ethyl adjacent to an activating group) is 1. The van der Waals surface area contributed by atoms with Crippen molar-refractivity contribution in [2.75, 3.05) is 38.1 Å². The van der Waals surface area contributed by atoms with Crippen LogP contribution < -0.4 is 10.2 Å². The summed E-state index contributed by atoms with van der Waals surface area (Å²) in [5.41, 5.74) is 2.59.